The number of ether oxygens (including phenoxy) is 1. The summed E-state index contributed by atoms with van der Waals surface area (Å²) < 4.78 is 84.1. The van der Waals surface area contributed by atoms with Gasteiger partial charge < -0.3 is 9.64 Å². The van der Waals surface area contributed by atoms with Crippen LogP contribution in [0.25, 0.3) is 21.8 Å². The molecular weight excluding hydrogens is 856 g/mol. The van der Waals surface area contributed by atoms with Gasteiger partial charge in [0.05, 0.1) is 52.2 Å². The molecule has 5 heterocycles. The Balaban J connectivity index is 0.838. The lowest BCUT2D eigenvalue weighted by molar-refractivity contribution is -0.120. The number of imide groups is 1. The standard InChI is InChI=1S/C44H48F3N9O7S/c1-4-52(2)64(61,62)51-35-12-10-32(45)38(39(35)47)40(58)26-7-11-34-30(19-26)42(59)56(24-48-34)28-22-44(63-23-28)14-17-54(18-15-44)27-8-5-25(6-9-27)29-21-36-31(20-33(29)46)41(50-53(36)3)55-16-13-37(57)49-43(55)60/h7,10-12,19-21,24-25,27-28,51H,4-6,8-9,13-18,22-23H2,1-3H3,(H,49,57,60)/t25?,27?,28-/m1/s1. The van der Waals surface area contributed by atoms with Crippen LogP contribution in [0.2, 0.25) is 0 Å². The highest BCUT2D eigenvalue weighted by Crippen LogP contribution is 2.44. The van der Waals surface area contributed by atoms with Crippen molar-refractivity contribution >= 4 is 61.2 Å². The van der Waals surface area contributed by atoms with Gasteiger partial charge in [-0.2, -0.15) is 17.8 Å². The average Bonchev–Trinajstić information content (AvgIpc) is 3.83. The van der Waals surface area contributed by atoms with E-state index in [4.69, 9.17) is 4.74 Å². The first-order valence-electron chi connectivity index (χ1n) is 21.5. The Morgan fingerprint density at radius 1 is 0.969 bits per heavy atom. The van der Waals surface area contributed by atoms with Crippen LogP contribution in [-0.2, 0) is 26.8 Å². The SMILES string of the molecule is CCN(C)S(=O)(=O)Nc1ccc(F)c(C(=O)c2ccc3ncn([C@H]4COC5(CCN(C6CCC(c7cc8c(cc7F)c(N7CCC(=O)NC7=O)nn8C)CC6)CC5)C4)c(=O)c3c2)c1F. The van der Waals surface area contributed by atoms with Crippen LogP contribution in [0, 0.1) is 17.5 Å². The molecule has 1 saturated carbocycles. The Hall–Kier alpha value is -5.70. The van der Waals surface area contributed by atoms with Crippen LogP contribution < -0.4 is 20.5 Å². The predicted octanol–water partition coefficient (Wildman–Crippen LogP) is 5.51. The number of ketones is 1. The molecule has 9 rings (SSSR count). The fourth-order valence-corrected chi connectivity index (χ4v) is 10.8. The number of rotatable bonds is 10. The van der Waals surface area contributed by atoms with Gasteiger partial charge in [-0.25, -0.2) is 22.9 Å². The lowest BCUT2D eigenvalue weighted by Crippen LogP contribution is -2.49. The fourth-order valence-electron chi connectivity index (χ4n) is 9.86. The number of urea groups is 1. The van der Waals surface area contributed by atoms with Crippen LogP contribution in [0.1, 0.15) is 91.7 Å². The van der Waals surface area contributed by atoms with Crippen molar-refractivity contribution in [1.82, 2.24) is 33.9 Å². The van der Waals surface area contributed by atoms with E-state index in [0.717, 1.165) is 68.1 Å². The monoisotopic (exact) mass is 903 g/mol. The van der Waals surface area contributed by atoms with Crippen molar-refractivity contribution < 1.29 is 40.7 Å². The lowest BCUT2D eigenvalue weighted by atomic mass is 9.79. The summed E-state index contributed by atoms with van der Waals surface area (Å²) in [5.74, 6) is -3.98. The van der Waals surface area contributed by atoms with Crippen molar-refractivity contribution in [2.75, 3.05) is 49.5 Å². The second-order valence-electron chi connectivity index (χ2n) is 17.3. The van der Waals surface area contributed by atoms with Gasteiger partial charge in [0.25, 0.3) is 5.56 Å². The molecule has 4 aliphatic rings. The Kier molecular flexibility index (Phi) is 11.4. The van der Waals surface area contributed by atoms with E-state index in [0.29, 0.717) is 34.7 Å². The molecule has 1 atom stereocenters. The van der Waals surface area contributed by atoms with E-state index >= 15 is 13.2 Å². The first kappa shape index (κ1) is 43.5. The molecule has 16 nitrogen and oxygen atoms in total. The number of likely N-dealkylation sites (tertiary alicyclic amines) is 1. The lowest BCUT2D eigenvalue weighted by Gasteiger charge is -2.44. The minimum absolute atomic E-state index is 0.0304. The Morgan fingerprint density at radius 3 is 2.44 bits per heavy atom. The Morgan fingerprint density at radius 2 is 1.72 bits per heavy atom. The first-order valence-corrected chi connectivity index (χ1v) is 22.9. The highest BCUT2D eigenvalue weighted by atomic mass is 32.2. The van der Waals surface area contributed by atoms with Gasteiger partial charge in [0.2, 0.25) is 5.91 Å². The van der Waals surface area contributed by atoms with E-state index in [9.17, 15) is 27.6 Å². The summed E-state index contributed by atoms with van der Waals surface area (Å²) in [4.78, 5) is 60.1. The van der Waals surface area contributed by atoms with E-state index < -0.39 is 56.1 Å². The predicted molar refractivity (Wildman–Crippen MR) is 231 cm³/mol. The normalized spacial score (nSPS) is 21.9. The molecule has 0 bridgehead atoms. The van der Waals surface area contributed by atoms with Gasteiger partial charge in [-0.15, -0.1) is 0 Å². The molecule has 20 heteroatoms. The average molecular weight is 904 g/mol. The molecule has 5 aromatic rings. The number of aromatic nitrogens is 4. The van der Waals surface area contributed by atoms with Gasteiger partial charge >= 0.3 is 16.2 Å². The summed E-state index contributed by atoms with van der Waals surface area (Å²) in [5, 5.41) is 7.41. The number of halogens is 3. The number of anilines is 2. The molecule has 3 saturated heterocycles. The highest BCUT2D eigenvalue weighted by Gasteiger charge is 2.45. The van der Waals surface area contributed by atoms with E-state index in [2.05, 4.69) is 25.0 Å². The number of nitrogens with zero attached hydrogens (tertiary/aromatic N) is 7. The van der Waals surface area contributed by atoms with Gasteiger partial charge in [0.15, 0.2) is 17.4 Å². The van der Waals surface area contributed by atoms with Crippen molar-refractivity contribution in [1.29, 1.82) is 0 Å². The van der Waals surface area contributed by atoms with Crippen LogP contribution in [0.5, 0.6) is 0 Å². The summed E-state index contributed by atoms with van der Waals surface area (Å²) in [6.07, 6.45) is 7.13. The summed E-state index contributed by atoms with van der Waals surface area (Å²) >= 11 is 0. The summed E-state index contributed by atoms with van der Waals surface area (Å²) in [6.45, 7) is 3.72. The number of benzene rings is 3. The number of carbonyl (C=O) groups is 3. The molecule has 1 aliphatic carbocycles. The van der Waals surface area contributed by atoms with E-state index in [1.807, 2.05) is 6.07 Å². The summed E-state index contributed by atoms with van der Waals surface area (Å²) in [7, 11) is -1.14. The van der Waals surface area contributed by atoms with Crippen molar-refractivity contribution in [3.63, 3.8) is 0 Å². The molecule has 64 heavy (non-hydrogen) atoms. The smallest absolute Gasteiger partial charge is 0.329 e. The molecule has 0 radical (unpaired) electrons. The third-order valence-corrected chi connectivity index (χ3v) is 15.2. The maximum atomic E-state index is 15.8. The van der Waals surface area contributed by atoms with Crippen molar-refractivity contribution in [3.05, 3.63) is 93.3 Å². The van der Waals surface area contributed by atoms with Crippen LogP contribution >= 0.6 is 0 Å². The van der Waals surface area contributed by atoms with Crippen LogP contribution in [-0.4, -0.2) is 106 Å². The first-order chi connectivity index (χ1) is 30.6. The maximum absolute atomic E-state index is 15.8. The Bertz CT molecular complexity index is 2890. The number of fused-ring (bicyclic) bond motifs is 2. The van der Waals surface area contributed by atoms with Crippen LogP contribution in [0.15, 0.2) is 53.6 Å². The van der Waals surface area contributed by atoms with Gasteiger partial charge in [-0.05, 0) is 98.9 Å². The number of aryl methyl sites for hydroxylation is 1. The summed E-state index contributed by atoms with van der Waals surface area (Å²) in [5.41, 5.74) is -0.970. The van der Waals surface area contributed by atoms with Crippen LogP contribution in [0.4, 0.5) is 29.5 Å². The fraction of sp³-hybridized carbons (Fsp3) is 0.455. The largest absolute Gasteiger partial charge is 0.373 e. The van der Waals surface area contributed by atoms with Gasteiger partial charge in [-0.3, -0.25) is 38.6 Å². The second-order valence-corrected chi connectivity index (χ2v) is 19.1. The number of piperidine rings is 1. The number of hydrogen-bond acceptors (Lipinski definition) is 10. The number of nitrogens with one attached hydrogen (secondary N) is 2. The number of hydrogen-bond donors (Lipinski definition) is 2. The van der Waals surface area contributed by atoms with Crippen molar-refractivity contribution in [3.8, 4) is 0 Å². The van der Waals surface area contributed by atoms with E-state index in [-0.39, 0.29) is 66.3 Å². The third kappa shape index (κ3) is 7.83. The molecular formula is C44H48F3N9O7S. The zero-order chi connectivity index (χ0) is 45.2. The van der Waals surface area contributed by atoms with Crippen molar-refractivity contribution in [2.45, 2.75) is 81.9 Å². The van der Waals surface area contributed by atoms with Gasteiger partial charge in [-0.1, -0.05) is 6.92 Å². The quantitative estimate of drug-likeness (QED) is 0.170. The number of carbonyl (C=O) groups excluding carboxylic acids is 3. The molecule has 3 amide bonds. The Labute approximate surface area is 366 Å². The van der Waals surface area contributed by atoms with Crippen molar-refractivity contribution in [2.24, 2.45) is 7.05 Å². The van der Waals surface area contributed by atoms with E-state index in [1.54, 1.807) is 18.7 Å². The molecule has 0 unspecified atom stereocenters. The van der Waals surface area contributed by atoms with Gasteiger partial charge in [0.1, 0.15) is 11.6 Å². The number of amides is 3. The molecule has 3 aliphatic heterocycles. The molecule has 2 N–H and O–H groups in total. The zero-order valence-corrected chi connectivity index (χ0v) is 36.4. The summed E-state index contributed by atoms with van der Waals surface area (Å²) in [6, 6.07) is 8.43. The maximum Gasteiger partial charge on any atom is 0.329 e. The minimum atomic E-state index is -4.18. The van der Waals surface area contributed by atoms with E-state index in [1.165, 1.54) is 47.1 Å². The molecule has 4 fully saturated rings. The second kappa shape index (κ2) is 16.7. The molecule has 3 aromatic carbocycles. The molecule has 2 aromatic heterocycles. The van der Waals surface area contributed by atoms with Gasteiger partial charge in [0, 0.05) is 63.7 Å². The molecule has 1 spiro atoms. The minimum Gasteiger partial charge on any atom is -0.373 e. The highest BCUT2D eigenvalue weighted by molar-refractivity contribution is 7.90. The third-order valence-electron chi connectivity index (χ3n) is 13.7. The topological polar surface area (TPSA) is 181 Å². The van der Waals surface area contributed by atoms with Crippen LogP contribution in [0.3, 0.4) is 0 Å². The zero-order valence-electron chi connectivity index (χ0n) is 35.6. The molecule has 338 valence electrons.